The molecule has 1 saturated heterocycles. The van der Waals surface area contributed by atoms with Crippen molar-refractivity contribution in [2.45, 2.75) is 31.5 Å². The molecule has 1 heterocycles. The minimum absolute atomic E-state index is 0.830. The molecule has 0 spiro atoms. The Labute approximate surface area is 117 Å². The second kappa shape index (κ2) is 6.10. The number of hydrogen-bond donors (Lipinski definition) is 0. The molecule has 94 valence electrons. The van der Waals surface area contributed by atoms with Crippen LogP contribution in [0, 0.1) is 5.92 Å². The molecule has 0 aliphatic carbocycles. The highest BCUT2D eigenvalue weighted by molar-refractivity contribution is 9.08. The molecular weight excluding hydrogens is 298 g/mol. The maximum absolute atomic E-state index is 6.25. The third kappa shape index (κ3) is 2.97. The molecule has 1 nitrogen and oxygen atoms in total. The van der Waals surface area contributed by atoms with Crippen LogP contribution in [-0.4, -0.2) is 13.1 Å². The molecule has 1 fully saturated rings. The van der Waals surface area contributed by atoms with Crippen LogP contribution in [0.5, 0.6) is 0 Å². The van der Waals surface area contributed by atoms with Gasteiger partial charge in [0.2, 0.25) is 0 Å². The lowest BCUT2D eigenvalue weighted by molar-refractivity contribution is 0.530. The molecule has 1 aliphatic heterocycles. The number of nitrogens with zero attached hydrogens (tertiary/aromatic N) is 1. The monoisotopic (exact) mass is 315 g/mol. The van der Waals surface area contributed by atoms with Crippen LogP contribution in [0.25, 0.3) is 0 Å². The average Bonchev–Trinajstić information content (AvgIpc) is 2.78. The Kier molecular flexibility index (Phi) is 4.75. The number of rotatable bonds is 4. The number of anilines is 1. The molecule has 17 heavy (non-hydrogen) atoms. The molecule has 2 rings (SSSR count). The van der Waals surface area contributed by atoms with Crippen LogP contribution in [0.2, 0.25) is 5.02 Å². The number of hydrogen-bond acceptors (Lipinski definition) is 1. The largest absolute Gasteiger partial charge is 0.371 e. The van der Waals surface area contributed by atoms with E-state index >= 15 is 0 Å². The van der Waals surface area contributed by atoms with Crippen molar-refractivity contribution in [3.63, 3.8) is 0 Å². The molecule has 0 amide bonds. The van der Waals surface area contributed by atoms with E-state index < -0.39 is 0 Å². The normalized spacial score (nSPS) is 19.9. The number of alkyl halides is 1. The minimum Gasteiger partial charge on any atom is -0.371 e. The molecule has 0 radical (unpaired) electrons. The summed E-state index contributed by atoms with van der Waals surface area (Å²) < 4.78 is 0. The van der Waals surface area contributed by atoms with Gasteiger partial charge in [0.05, 0.1) is 0 Å². The van der Waals surface area contributed by atoms with Gasteiger partial charge in [-0.15, -0.1) is 0 Å². The summed E-state index contributed by atoms with van der Waals surface area (Å²) in [5, 5.41) is 1.70. The van der Waals surface area contributed by atoms with Crippen molar-refractivity contribution in [1.29, 1.82) is 0 Å². The molecule has 3 heteroatoms. The van der Waals surface area contributed by atoms with Gasteiger partial charge in [-0.25, -0.2) is 0 Å². The van der Waals surface area contributed by atoms with Gasteiger partial charge < -0.3 is 4.90 Å². The first-order valence-corrected chi connectivity index (χ1v) is 7.84. The molecule has 1 aromatic rings. The van der Waals surface area contributed by atoms with E-state index in [2.05, 4.69) is 39.9 Å². The molecule has 1 atom stereocenters. The molecule has 0 N–H and O–H groups in total. The number of benzene rings is 1. The fourth-order valence-electron chi connectivity index (χ4n) is 2.67. The lowest BCUT2D eigenvalue weighted by Gasteiger charge is -2.22. The summed E-state index contributed by atoms with van der Waals surface area (Å²) in [4.78, 5) is 2.49. The quantitative estimate of drug-likeness (QED) is 0.717. The summed E-state index contributed by atoms with van der Waals surface area (Å²) in [5.74, 6) is 0.863. The van der Waals surface area contributed by atoms with Crippen LogP contribution >= 0.6 is 27.5 Å². The van der Waals surface area contributed by atoms with Crippen molar-refractivity contribution >= 4 is 33.2 Å². The van der Waals surface area contributed by atoms with Crippen molar-refractivity contribution in [2.24, 2.45) is 5.92 Å². The van der Waals surface area contributed by atoms with Gasteiger partial charge in [-0.2, -0.15) is 0 Å². The Balaban J connectivity index is 2.15. The minimum atomic E-state index is 0.830. The Morgan fingerprint density at radius 1 is 1.47 bits per heavy atom. The topological polar surface area (TPSA) is 3.24 Å². The summed E-state index contributed by atoms with van der Waals surface area (Å²) in [7, 11) is 0. The van der Waals surface area contributed by atoms with E-state index in [-0.39, 0.29) is 0 Å². The van der Waals surface area contributed by atoms with Crippen molar-refractivity contribution in [2.75, 3.05) is 18.0 Å². The van der Waals surface area contributed by atoms with Gasteiger partial charge in [-0.1, -0.05) is 46.9 Å². The first-order chi connectivity index (χ1) is 8.26. The summed E-state index contributed by atoms with van der Waals surface area (Å²) >= 11 is 9.79. The highest BCUT2D eigenvalue weighted by Gasteiger charge is 2.23. The smallest absolute Gasteiger partial charge is 0.0467 e. The highest BCUT2D eigenvalue weighted by Crippen LogP contribution is 2.33. The third-order valence-electron chi connectivity index (χ3n) is 3.55. The van der Waals surface area contributed by atoms with Gasteiger partial charge in [0, 0.05) is 34.7 Å². The van der Waals surface area contributed by atoms with Crippen molar-refractivity contribution < 1.29 is 0 Å². The van der Waals surface area contributed by atoms with Crippen LogP contribution in [-0.2, 0) is 5.33 Å². The Bertz CT molecular complexity index is 380. The van der Waals surface area contributed by atoms with Crippen molar-refractivity contribution in [1.82, 2.24) is 0 Å². The summed E-state index contributed by atoms with van der Waals surface area (Å²) in [5.41, 5.74) is 2.54. The summed E-state index contributed by atoms with van der Waals surface area (Å²) in [6, 6.07) is 6.22. The Morgan fingerprint density at radius 2 is 2.29 bits per heavy atom. The fraction of sp³-hybridized carbons (Fsp3) is 0.571. The molecule has 0 saturated carbocycles. The van der Waals surface area contributed by atoms with E-state index in [1.807, 2.05) is 6.07 Å². The standard InChI is InChI=1S/C14H19BrClN/c1-2-4-11-7-8-17(10-11)14-6-3-5-13(16)12(14)9-15/h3,5-6,11H,2,4,7-10H2,1H3. The number of halogens is 2. The van der Waals surface area contributed by atoms with Crippen LogP contribution < -0.4 is 4.90 Å². The van der Waals surface area contributed by atoms with Crippen LogP contribution in [0.1, 0.15) is 31.7 Å². The second-order valence-electron chi connectivity index (χ2n) is 4.76. The van der Waals surface area contributed by atoms with E-state index in [4.69, 9.17) is 11.6 Å². The third-order valence-corrected chi connectivity index (χ3v) is 4.47. The predicted octanol–water partition coefficient (Wildman–Crippen LogP) is 4.86. The van der Waals surface area contributed by atoms with Crippen LogP contribution in [0.4, 0.5) is 5.69 Å². The summed E-state index contributed by atoms with van der Waals surface area (Å²) in [6.07, 6.45) is 3.96. The highest BCUT2D eigenvalue weighted by atomic mass is 79.9. The van der Waals surface area contributed by atoms with Gasteiger partial charge in [0.1, 0.15) is 0 Å². The van der Waals surface area contributed by atoms with Crippen LogP contribution in [0.3, 0.4) is 0 Å². The molecule has 1 aromatic carbocycles. The predicted molar refractivity (Wildman–Crippen MR) is 79.3 cm³/mol. The van der Waals surface area contributed by atoms with Crippen molar-refractivity contribution in [3.05, 3.63) is 28.8 Å². The van der Waals surface area contributed by atoms with Crippen LogP contribution in [0.15, 0.2) is 18.2 Å². The average molecular weight is 317 g/mol. The maximum atomic E-state index is 6.25. The van der Waals surface area contributed by atoms with Gasteiger partial charge in [0.25, 0.3) is 0 Å². The second-order valence-corrected chi connectivity index (χ2v) is 5.73. The molecule has 1 aliphatic rings. The molecular formula is C14H19BrClN. The lowest BCUT2D eigenvalue weighted by atomic mass is 10.0. The van der Waals surface area contributed by atoms with Crippen molar-refractivity contribution in [3.8, 4) is 0 Å². The zero-order chi connectivity index (χ0) is 12.3. The lowest BCUT2D eigenvalue weighted by Crippen LogP contribution is -2.20. The van der Waals surface area contributed by atoms with E-state index in [0.717, 1.165) is 16.3 Å². The fourth-order valence-corrected chi connectivity index (χ4v) is 3.66. The molecule has 1 unspecified atom stereocenters. The van der Waals surface area contributed by atoms with Gasteiger partial charge in [-0.3, -0.25) is 0 Å². The van der Waals surface area contributed by atoms with Gasteiger partial charge in [-0.05, 0) is 30.9 Å². The molecule has 0 bridgehead atoms. The first kappa shape index (κ1) is 13.2. The van der Waals surface area contributed by atoms with E-state index in [1.165, 1.54) is 43.6 Å². The zero-order valence-corrected chi connectivity index (χ0v) is 12.6. The van der Waals surface area contributed by atoms with E-state index in [9.17, 15) is 0 Å². The Morgan fingerprint density at radius 3 is 3.00 bits per heavy atom. The Hall–Kier alpha value is -0.210. The SMILES string of the molecule is CCCC1CCN(c2cccc(Cl)c2CBr)C1. The summed E-state index contributed by atoms with van der Waals surface area (Å²) in [6.45, 7) is 4.63. The zero-order valence-electron chi connectivity index (χ0n) is 10.3. The van der Waals surface area contributed by atoms with E-state index in [0.29, 0.717) is 0 Å². The maximum Gasteiger partial charge on any atom is 0.0467 e. The van der Waals surface area contributed by atoms with Gasteiger partial charge in [0.15, 0.2) is 0 Å². The first-order valence-electron chi connectivity index (χ1n) is 6.34. The molecule has 0 aromatic heterocycles. The van der Waals surface area contributed by atoms with Gasteiger partial charge >= 0.3 is 0 Å². The van der Waals surface area contributed by atoms with E-state index in [1.54, 1.807) is 0 Å².